The van der Waals surface area contributed by atoms with E-state index in [1.165, 1.54) is 0 Å². The van der Waals surface area contributed by atoms with Crippen LogP contribution in [0.5, 0.6) is 0 Å². The van der Waals surface area contributed by atoms with Crippen molar-refractivity contribution in [2.24, 2.45) is 0 Å². The number of halogens is 1. The Hall–Kier alpha value is -1.55. The predicted molar refractivity (Wildman–Crippen MR) is 81.3 cm³/mol. The van der Waals surface area contributed by atoms with E-state index in [0.717, 1.165) is 18.4 Å². The average molecular weight is 307 g/mol. The number of Topliss-reactive ketones (excluding diaryl/α,β-unsaturated/α-hetero) is 1. The van der Waals surface area contributed by atoms with Gasteiger partial charge in [-0.15, -0.1) is 0 Å². The topological polar surface area (TPSA) is 49.4 Å². The quantitative estimate of drug-likeness (QED) is 0.911. The summed E-state index contributed by atoms with van der Waals surface area (Å²) < 4.78 is 0. The summed E-state index contributed by atoms with van der Waals surface area (Å²) >= 11 is 5.88. The summed E-state index contributed by atoms with van der Waals surface area (Å²) in [4.78, 5) is 26.0. The number of nitrogens with zero attached hydrogens (tertiary/aromatic N) is 1. The molecule has 2 saturated heterocycles. The van der Waals surface area contributed by atoms with Gasteiger partial charge in [-0.2, -0.15) is 0 Å². The van der Waals surface area contributed by atoms with E-state index in [9.17, 15) is 9.59 Å². The molecule has 2 unspecified atom stereocenters. The minimum atomic E-state index is -0.0770. The van der Waals surface area contributed by atoms with Crippen LogP contribution in [0.1, 0.15) is 44.2 Å². The number of fused-ring (bicyclic) bond motifs is 2. The Morgan fingerprint density at radius 1 is 1.24 bits per heavy atom. The number of piperidine rings is 1. The third kappa shape index (κ3) is 2.91. The summed E-state index contributed by atoms with van der Waals surface area (Å²) in [5.74, 6) is 0.289. The SMILES string of the molecule is C[C@@H](NC(=O)N1C2CCC1CC(=O)C2)c1ccc(Cl)cc1. The molecular formula is C16H19ClN2O2. The smallest absolute Gasteiger partial charge is 0.318 e. The summed E-state index contributed by atoms with van der Waals surface area (Å²) in [6.45, 7) is 1.96. The van der Waals surface area contributed by atoms with E-state index in [0.29, 0.717) is 17.9 Å². The van der Waals surface area contributed by atoms with Crippen molar-refractivity contribution in [2.75, 3.05) is 0 Å². The van der Waals surface area contributed by atoms with Gasteiger partial charge in [-0.1, -0.05) is 23.7 Å². The predicted octanol–water partition coefficient (Wildman–Crippen LogP) is 3.31. The number of benzene rings is 1. The monoisotopic (exact) mass is 306 g/mol. The molecule has 2 aliphatic rings. The molecule has 2 fully saturated rings. The minimum Gasteiger partial charge on any atom is -0.331 e. The van der Waals surface area contributed by atoms with Gasteiger partial charge in [0.1, 0.15) is 5.78 Å². The van der Waals surface area contributed by atoms with Gasteiger partial charge in [-0.05, 0) is 37.5 Å². The maximum absolute atomic E-state index is 12.5. The summed E-state index contributed by atoms with van der Waals surface area (Å²) in [5, 5.41) is 3.72. The first kappa shape index (κ1) is 14.4. The fraction of sp³-hybridized carbons (Fsp3) is 0.500. The minimum absolute atomic E-state index is 0.0579. The molecule has 0 saturated carbocycles. The highest BCUT2D eigenvalue weighted by atomic mass is 35.5. The first-order valence-corrected chi connectivity index (χ1v) is 7.78. The second-order valence-corrected chi connectivity index (χ2v) is 6.40. The van der Waals surface area contributed by atoms with Gasteiger partial charge in [-0.25, -0.2) is 4.79 Å². The maximum Gasteiger partial charge on any atom is 0.318 e. The molecule has 1 N–H and O–H groups in total. The van der Waals surface area contributed by atoms with Crippen LogP contribution in [-0.4, -0.2) is 28.8 Å². The Balaban J connectivity index is 1.66. The number of amides is 2. The van der Waals surface area contributed by atoms with Crippen molar-refractivity contribution in [2.45, 2.75) is 50.7 Å². The van der Waals surface area contributed by atoms with Crippen LogP contribution >= 0.6 is 11.6 Å². The largest absolute Gasteiger partial charge is 0.331 e. The highest BCUT2D eigenvalue weighted by Gasteiger charge is 2.42. The molecule has 3 atom stereocenters. The zero-order valence-corrected chi connectivity index (χ0v) is 12.8. The first-order chi connectivity index (χ1) is 10.0. The van der Waals surface area contributed by atoms with Gasteiger partial charge in [0.25, 0.3) is 0 Å². The maximum atomic E-state index is 12.5. The van der Waals surface area contributed by atoms with Crippen molar-refractivity contribution in [3.63, 3.8) is 0 Å². The number of rotatable bonds is 2. The van der Waals surface area contributed by atoms with E-state index in [1.54, 1.807) is 0 Å². The van der Waals surface area contributed by atoms with E-state index in [2.05, 4.69) is 5.32 Å². The zero-order chi connectivity index (χ0) is 15.0. The van der Waals surface area contributed by atoms with Crippen LogP contribution in [0.25, 0.3) is 0 Å². The molecule has 2 bridgehead atoms. The number of hydrogen-bond donors (Lipinski definition) is 1. The second kappa shape index (κ2) is 5.68. The molecule has 2 amide bonds. The van der Waals surface area contributed by atoms with E-state index < -0.39 is 0 Å². The summed E-state index contributed by atoms with van der Waals surface area (Å²) in [6, 6.07) is 7.53. The summed E-state index contributed by atoms with van der Waals surface area (Å²) in [7, 11) is 0. The third-order valence-electron chi connectivity index (χ3n) is 4.49. The Kier molecular flexibility index (Phi) is 3.89. The van der Waals surface area contributed by atoms with E-state index in [1.807, 2.05) is 36.1 Å². The highest BCUT2D eigenvalue weighted by Crippen LogP contribution is 2.34. The van der Waals surface area contributed by atoms with Gasteiger partial charge in [0.2, 0.25) is 0 Å². The Morgan fingerprint density at radius 2 is 1.81 bits per heavy atom. The number of ketones is 1. The highest BCUT2D eigenvalue weighted by molar-refractivity contribution is 6.30. The molecule has 2 aliphatic heterocycles. The van der Waals surface area contributed by atoms with E-state index >= 15 is 0 Å². The Morgan fingerprint density at radius 3 is 2.38 bits per heavy atom. The molecule has 0 aromatic heterocycles. The molecule has 5 heteroatoms. The van der Waals surface area contributed by atoms with Gasteiger partial charge < -0.3 is 10.2 Å². The zero-order valence-electron chi connectivity index (χ0n) is 12.0. The van der Waals surface area contributed by atoms with Gasteiger partial charge in [-0.3, -0.25) is 4.79 Å². The normalized spacial score (nSPS) is 25.8. The molecule has 0 spiro atoms. The van der Waals surface area contributed by atoms with Crippen molar-refractivity contribution in [3.8, 4) is 0 Å². The molecule has 2 heterocycles. The Bertz CT molecular complexity index is 542. The second-order valence-electron chi connectivity index (χ2n) is 5.96. The van der Waals surface area contributed by atoms with Crippen molar-refractivity contribution in [1.82, 2.24) is 10.2 Å². The lowest BCUT2D eigenvalue weighted by atomic mass is 10.0. The van der Waals surface area contributed by atoms with Crippen LogP contribution in [0, 0.1) is 0 Å². The molecule has 3 rings (SSSR count). The molecular weight excluding hydrogens is 288 g/mol. The van der Waals surface area contributed by atoms with Gasteiger partial charge in [0, 0.05) is 29.9 Å². The number of hydrogen-bond acceptors (Lipinski definition) is 2. The molecule has 1 aromatic carbocycles. The molecule has 0 radical (unpaired) electrons. The molecule has 1 aromatic rings. The van der Waals surface area contributed by atoms with Crippen LogP contribution in [0.2, 0.25) is 5.02 Å². The fourth-order valence-electron chi connectivity index (χ4n) is 3.40. The third-order valence-corrected chi connectivity index (χ3v) is 4.74. The van der Waals surface area contributed by atoms with Crippen molar-refractivity contribution >= 4 is 23.4 Å². The van der Waals surface area contributed by atoms with Crippen molar-refractivity contribution < 1.29 is 9.59 Å². The van der Waals surface area contributed by atoms with Crippen LogP contribution in [0.15, 0.2) is 24.3 Å². The molecule has 4 nitrogen and oxygen atoms in total. The van der Waals surface area contributed by atoms with E-state index in [4.69, 9.17) is 11.6 Å². The van der Waals surface area contributed by atoms with Crippen molar-refractivity contribution in [1.29, 1.82) is 0 Å². The first-order valence-electron chi connectivity index (χ1n) is 7.40. The number of urea groups is 1. The van der Waals surface area contributed by atoms with Crippen LogP contribution in [-0.2, 0) is 4.79 Å². The molecule has 21 heavy (non-hydrogen) atoms. The van der Waals surface area contributed by atoms with Crippen LogP contribution in [0.4, 0.5) is 4.79 Å². The Labute approximate surface area is 129 Å². The summed E-state index contributed by atoms with van der Waals surface area (Å²) in [6.07, 6.45) is 2.91. The van der Waals surface area contributed by atoms with E-state index in [-0.39, 0.29) is 29.9 Å². The standard InChI is InChI=1S/C16H19ClN2O2/c1-10(11-2-4-12(17)5-3-11)18-16(21)19-13-6-7-14(19)9-15(20)8-13/h2-5,10,13-14H,6-9H2,1H3,(H,18,21)/t10-,13?,14?/m1/s1. The van der Waals surface area contributed by atoms with Gasteiger partial charge in [0.05, 0.1) is 6.04 Å². The van der Waals surface area contributed by atoms with Gasteiger partial charge in [0.15, 0.2) is 0 Å². The average Bonchev–Trinajstić information content (AvgIpc) is 2.72. The number of nitrogens with one attached hydrogen (secondary N) is 1. The lowest BCUT2D eigenvalue weighted by Crippen LogP contribution is -2.51. The van der Waals surface area contributed by atoms with Crippen molar-refractivity contribution in [3.05, 3.63) is 34.9 Å². The van der Waals surface area contributed by atoms with Crippen LogP contribution in [0.3, 0.4) is 0 Å². The number of carbonyl (C=O) groups is 2. The molecule has 0 aliphatic carbocycles. The lowest BCUT2D eigenvalue weighted by molar-refractivity contribution is -0.122. The molecule has 112 valence electrons. The fourth-order valence-corrected chi connectivity index (χ4v) is 3.52. The van der Waals surface area contributed by atoms with Crippen LogP contribution < -0.4 is 5.32 Å². The number of carbonyl (C=O) groups excluding carboxylic acids is 2. The lowest BCUT2D eigenvalue weighted by Gasteiger charge is -2.34. The van der Waals surface area contributed by atoms with Gasteiger partial charge >= 0.3 is 6.03 Å². The summed E-state index contributed by atoms with van der Waals surface area (Å²) in [5.41, 5.74) is 1.02.